The highest BCUT2D eigenvalue weighted by atomic mass is 16.5. The number of aromatic nitrogens is 1. The first-order valence-electron chi connectivity index (χ1n) is 11.2. The number of Topliss-reactive ketones (excluding diaryl/α,β-unsaturated/α-hetero) is 1. The van der Waals surface area contributed by atoms with Crippen molar-refractivity contribution in [2.75, 3.05) is 12.0 Å². The Morgan fingerprint density at radius 1 is 0.917 bits per heavy atom. The fourth-order valence-electron chi connectivity index (χ4n) is 4.29. The lowest BCUT2D eigenvalue weighted by Gasteiger charge is -2.16. The quantitative estimate of drug-likeness (QED) is 0.317. The molecule has 1 unspecified atom stereocenters. The van der Waals surface area contributed by atoms with Gasteiger partial charge in [-0.1, -0.05) is 18.2 Å². The summed E-state index contributed by atoms with van der Waals surface area (Å²) >= 11 is 0. The molecule has 1 N–H and O–H groups in total. The van der Waals surface area contributed by atoms with E-state index in [4.69, 9.17) is 9.47 Å². The number of anilines is 1. The van der Waals surface area contributed by atoms with E-state index in [1.807, 2.05) is 0 Å². The first-order valence-corrected chi connectivity index (χ1v) is 11.2. The second-order valence-corrected chi connectivity index (χ2v) is 8.52. The molecule has 1 atom stereocenters. The van der Waals surface area contributed by atoms with E-state index in [9.17, 15) is 24.0 Å². The van der Waals surface area contributed by atoms with Crippen molar-refractivity contribution in [3.8, 4) is 0 Å². The molecule has 2 heterocycles. The molecule has 184 valence electrons. The Balaban J connectivity index is 1.55. The monoisotopic (exact) mass is 488 g/mol. The van der Waals surface area contributed by atoms with E-state index in [2.05, 4.69) is 4.98 Å². The van der Waals surface area contributed by atoms with E-state index in [1.54, 1.807) is 45.0 Å². The van der Waals surface area contributed by atoms with Crippen LogP contribution in [0.3, 0.4) is 0 Å². The Labute approximate surface area is 207 Å². The number of fused-ring (bicyclic) bond motifs is 1. The average molecular weight is 488 g/mol. The van der Waals surface area contributed by atoms with Gasteiger partial charge in [0.2, 0.25) is 5.78 Å². The molecule has 0 saturated heterocycles. The number of ketones is 1. The second-order valence-electron chi connectivity index (χ2n) is 8.52. The number of amides is 2. The molecule has 4 rings (SSSR count). The van der Waals surface area contributed by atoms with Crippen molar-refractivity contribution in [1.29, 1.82) is 0 Å². The van der Waals surface area contributed by atoms with E-state index in [0.29, 0.717) is 16.9 Å². The maximum Gasteiger partial charge on any atom is 0.339 e. The van der Waals surface area contributed by atoms with Crippen LogP contribution in [-0.2, 0) is 9.47 Å². The Hall–Kier alpha value is -4.53. The van der Waals surface area contributed by atoms with Crippen LogP contribution in [0.2, 0.25) is 0 Å². The normalized spacial score (nSPS) is 13.4. The maximum absolute atomic E-state index is 13.1. The van der Waals surface area contributed by atoms with E-state index < -0.39 is 35.6 Å². The molecule has 2 aromatic carbocycles. The van der Waals surface area contributed by atoms with E-state index in [1.165, 1.54) is 32.2 Å². The fourth-order valence-corrected chi connectivity index (χ4v) is 4.29. The summed E-state index contributed by atoms with van der Waals surface area (Å²) in [5.74, 6) is -2.97. The molecule has 9 nitrogen and oxygen atoms in total. The summed E-state index contributed by atoms with van der Waals surface area (Å²) in [6, 6.07) is 11.1. The number of rotatable bonds is 6. The number of hydrogen-bond acceptors (Lipinski definition) is 7. The number of esters is 2. The van der Waals surface area contributed by atoms with Crippen LogP contribution in [0.25, 0.3) is 0 Å². The predicted octanol–water partition coefficient (Wildman–Crippen LogP) is 3.96. The molecule has 9 heteroatoms. The largest absolute Gasteiger partial charge is 0.465 e. The van der Waals surface area contributed by atoms with Crippen LogP contribution in [0.4, 0.5) is 5.69 Å². The summed E-state index contributed by atoms with van der Waals surface area (Å²) in [5.41, 5.74) is 2.74. The third-order valence-electron chi connectivity index (χ3n) is 6.21. The number of para-hydroxylation sites is 1. The van der Waals surface area contributed by atoms with Gasteiger partial charge in [0.05, 0.1) is 40.7 Å². The minimum absolute atomic E-state index is 0.0239. The minimum atomic E-state index is -1.19. The molecule has 1 aliphatic rings. The molecular weight excluding hydrogens is 464 g/mol. The molecule has 2 amide bonds. The Bertz CT molecular complexity index is 1450. The van der Waals surface area contributed by atoms with Crippen LogP contribution < -0.4 is 4.90 Å². The standard InChI is InChI=1S/C27H24N2O7/c1-13-8-6-7-9-20(13)29-24(31)18-11-10-17(12-19(18)25(29)32)26(33)36-16(4)23(30)22-14(2)21(15(3)28-22)27(34)35-5/h6-12,16,28H,1-5H3. The Kier molecular flexibility index (Phi) is 6.32. The van der Waals surface area contributed by atoms with Crippen molar-refractivity contribution in [2.45, 2.75) is 33.8 Å². The molecule has 0 saturated carbocycles. The molecule has 36 heavy (non-hydrogen) atoms. The highest BCUT2D eigenvalue weighted by Crippen LogP contribution is 2.31. The first-order chi connectivity index (χ1) is 17.1. The summed E-state index contributed by atoms with van der Waals surface area (Å²) in [7, 11) is 1.25. The number of hydrogen-bond donors (Lipinski definition) is 1. The second kappa shape index (κ2) is 9.26. The van der Waals surface area contributed by atoms with Gasteiger partial charge >= 0.3 is 11.9 Å². The number of H-pyrrole nitrogens is 1. The van der Waals surface area contributed by atoms with Gasteiger partial charge in [0.25, 0.3) is 11.8 Å². The smallest absolute Gasteiger partial charge is 0.339 e. The van der Waals surface area contributed by atoms with Crippen LogP contribution in [-0.4, -0.2) is 47.7 Å². The molecular formula is C27H24N2O7. The lowest BCUT2D eigenvalue weighted by Crippen LogP contribution is -2.30. The van der Waals surface area contributed by atoms with Crippen molar-refractivity contribution >= 4 is 35.2 Å². The van der Waals surface area contributed by atoms with Gasteiger partial charge in [-0.15, -0.1) is 0 Å². The van der Waals surface area contributed by atoms with Gasteiger partial charge < -0.3 is 14.5 Å². The lowest BCUT2D eigenvalue weighted by molar-refractivity contribution is 0.0316. The molecule has 1 aromatic heterocycles. The van der Waals surface area contributed by atoms with Crippen molar-refractivity contribution < 1.29 is 33.4 Å². The number of ether oxygens (including phenoxy) is 2. The highest BCUT2D eigenvalue weighted by molar-refractivity contribution is 6.35. The number of carbonyl (C=O) groups is 5. The van der Waals surface area contributed by atoms with Crippen molar-refractivity contribution in [3.05, 3.63) is 87.2 Å². The van der Waals surface area contributed by atoms with Crippen LogP contribution in [0, 0.1) is 20.8 Å². The van der Waals surface area contributed by atoms with Crippen molar-refractivity contribution in [3.63, 3.8) is 0 Å². The number of carbonyl (C=O) groups excluding carboxylic acids is 5. The van der Waals surface area contributed by atoms with Gasteiger partial charge in [0.1, 0.15) is 0 Å². The van der Waals surface area contributed by atoms with Crippen molar-refractivity contribution in [1.82, 2.24) is 4.98 Å². The third kappa shape index (κ3) is 3.98. The zero-order chi connectivity index (χ0) is 26.3. The summed E-state index contributed by atoms with van der Waals surface area (Å²) in [5, 5.41) is 0. The van der Waals surface area contributed by atoms with E-state index in [0.717, 1.165) is 10.5 Å². The average Bonchev–Trinajstić information content (AvgIpc) is 3.29. The molecule has 3 aromatic rings. The summed E-state index contributed by atoms with van der Waals surface area (Å²) < 4.78 is 10.1. The fraction of sp³-hybridized carbons (Fsp3) is 0.222. The molecule has 0 spiro atoms. The maximum atomic E-state index is 13.1. The zero-order valence-corrected chi connectivity index (χ0v) is 20.4. The molecule has 0 fully saturated rings. The molecule has 0 aliphatic carbocycles. The number of aromatic amines is 1. The SMILES string of the molecule is COC(=O)c1c(C)[nH]c(C(=O)C(C)OC(=O)c2ccc3c(c2)C(=O)N(c2ccccc2C)C3=O)c1C. The lowest BCUT2D eigenvalue weighted by atomic mass is 10.1. The van der Waals surface area contributed by atoms with Gasteiger partial charge in [-0.05, 0) is 63.1 Å². The third-order valence-corrected chi connectivity index (χ3v) is 6.21. The number of benzene rings is 2. The first kappa shape index (κ1) is 24.6. The summed E-state index contributed by atoms with van der Waals surface area (Å²) in [6.07, 6.45) is -1.19. The number of nitrogens with one attached hydrogen (secondary N) is 1. The summed E-state index contributed by atoms with van der Waals surface area (Å²) in [4.78, 5) is 67.7. The van der Waals surface area contributed by atoms with Crippen LogP contribution in [0.15, 0.2) is 42.5 Å². The van der Waals surface area contributed by atoms with Crippen LogP contribution in [0.5, 0.6) is 0 Å². The van der Waals surface area contributed by atoms with Gasteiger partial charge in [0, 0.05) is 5.69 Å². The summed E-state index contributed by atoms with van der Waals surface area (Å²) in [6.45, 7) is 6.44. The topological polar surface area (TPSA) is 123 Å². The predicted molar refractivity (Wildman–Crippen MR) is 130 cm³/mol. The number of imide groups is 1. The van der Waals surface area contributed by atoms with Crippen LogP contribution >= 0.6 is 0 Å². The van der Waals surface area contributed by atoms with Gasteiger partial charge in [-0.25, -0.2) is 14.5 Å². The molecule has 0 bridgehead atoms. The number of nitrogens with zero attached hydrogens (tertiary/aromatic N) is 1. The van der Waals surface area contributed by atoms with Gasteiger partial charge in [-0.2, -0.15) is 0 Å². The minimum Gasteiger partial charge on any atom is -0.465 e. The molecule has 1 aliphatic heterocycles. The molecule has 0 radical (unpaired) electrons. The zero-order valence-electron chi connectivity index (χ0n) is 20.4. The Morgan fingerprint density at radius 2 is 1.58 bits per heavy atom. The van der Waals surface area contributed by atoms with Crippen molar-refractivity contribution in [2.24, 2.45) is 0 Å². The van der Waals surface area contributed by atoms with E-state index >= 15 is 0 Å². The number of methoxy groups -OCH3 is 1. The highest BCUT2D eigenvalue weighted by Gasteiger charge is 2.38. The van der Waals surface area contributed by atoms with Gasteiger partial charge in [0.15, 0.2) is 6.10 Å². The van der Waals surface area contributed by atoms with E-state index in [-0.39, 0.29) is 27.9 Å². The Morgan fingerprint density at radius 3 is 2.25 bits per heavy atom. The van der Waals surface area contributed by atoms with Gasteiger partial charge in [-0.3, -0.25) is 14.4 Å². The van der Waals surface area contributed by atoms with Crippen LogP contribution in [0.1, 0.15) is 75.7 Å². The number of aryl methyl sites for hydroxylation is 2.